The lowest BCUT2D eigenvalue weighted by atomic mass is 10.2. The number of hydrogen-bond donors (Lipinski definition) is 3. The summed E-state index contributed by atoms with van der Waals surface area (Å²) in [5, 5.41) is 15.9. The quantitative estimate of drug-likeness (QED) is 0.248. The van der Waals surface area contributed by atoms with Gasteiger partial charge in [0, 0.05) is 98.3 Å². The molecule has 0 spiro atoms. The Labute approximate surface area is 191 Å². The molecule has 8 heteroatoms. The van der Waals surface area contributed by atoms with Gasteiger partial charge in [-0.05, 0) is 45.8 Å². The molecule has 2 fully saturated rings. The first-order chi connectivity index (χ1) is 15.3. The molecule has 0 amide bonds. The van der Waals surface area contributed by atoms with E-state index in [-0.39, 0.29) is 0 Å². The van der Waals surface area contributed by atoms with Gasteiger partial charge in [0.1, 0.15) is 0 Å². The van der Waals surface area contributed by atoms with E-state index in [4.69, 9.17) is 9.84 Å². The molecule has 2 saturated heterocycles. The van der Waals surface area contributed by atoms with Crippen molar-refractivity contribution in [2.24, 2.45) is 0 Å². The van der Waals surface area contributed by atoms with Gasteiger partial charge in [0.25, 0.3) is 0 Å². The number of piperazine rings is 2. The van der Waals surface area contributed by atoms with Crippen LogP contribution in [0.2, 0.25) is 0 Å². The van der Waals surface area contributed by atoms with Gasteiger partial charge in [-0.2, -0.15) is 0 Å². The van der Waals surface area contributed by atoms with Gasteiger partial charge < -0.3 is 40.1 Å². The summed E-state index contributed by atoms with van der Waals surface area (Å²) in [5.41, 5.74) is 0. The van der Waals surface area contributed by atoms with Crippen LogP contribution in [0.1, 0.15) is 25.7 Å². The largest absolute Gasteiger partial charge is 0.396 e. The van der Waals surface area contributed by atoms with E-state index in [1.54, 1.807) is 0 Å². The number of rotatable bonds is 18. The Balaban J connectivity index is 1.25. The number of nitrogens with one attached hydrogen (secondary N) is 2. The van der Waals surface area contributed by atoms with Crippen LogP contribution in [0.15, 0.2) is 0 Å². The van der Waals surface area contributed by atoms with Gasteiger partial charge >= 0.3 is 0 Å². The Bertz CT molecular complexity index is 402. The van der Waals surface area contributed by atoms with Crippen molar-refractivity contribution in [2.75, 3.05) is 125 Å². The van der Waals surface area contributed by atoms with Gasteiger partial charge in [-0.15, -0.1) is 0 Å². The minimum Gasteiger partial charge on any atom is -0.396 e. The Kier molecular flexibility index (Phi) is 15.8. The molecule has 0 saturated carbocycles. The summed E-state index contributed by atoms with van der Waals surface area (Å²) < 4.78 is 5.77. The number of aliphatic hydroxyl groups is 1. The van der Waals surface area contributed by atoms with Crippen molar-refractivity contribution in [3.05, 3.63) is 0 Å². The summed E-state index contributed by atoms with van der Waals surface area (Å²) in [6, 6.07) is 0. The molecule has 0 bridgehead atoms. The summed E-state index contributed by atoms with van der Waals surface area (Å²) in [6.07, 6.45) is 4.59. The zero-order valence-electron chi connectivity index (χ0n) is 20.2. The highest BCUT2D eigenvalue weighted by molar-refractivity contribution is 4.72. The first kappa shape index (κ1) is 26.9. The maximum Gasteiger partial charge on any atom is 0.0590 e. The average molecular weight is 443 g/mol. The summed E-state index contributed by atoms with van der Waals surface area (Å²) in [6.45, 7) is 19.0. The third-order valence-corrected chi connectivity index (χ3v) is 6.44. The van der Waals surface area contributed by atoms with Crippen LogP contribution in [-0.4, -0.2) is 150 Å². The molecule has 0 aromatic carbocycles. The molecule has 2 aliphatic rings. The fraction of sp³-hybridized carbons (Fsp3) is 1.00. The smallest absolute Gasteiger partial charge is 0.0590 e. The van der Waals surface area contributed by atoms with Crippen molar-refractivity contribution in [3.8, 4) is 0 Å². The number of aliphatic hydroxyl groups excluding tert-OH is 1. The normalized spacial score (nSPS) is 19.9. The minimum absolute atomic E-state index is 0.306. The highest BCUT2D eigenvalue weighted by atomic mass is 16.5. The molecule has 8 nitrogen and oxygen atoms in total. The van der Waals surface area contributed by atoms with Crippen LogP contribution >= 0.6 is 0 Å². The molecule has 0 radical (unpaired) electrons. The van der Waals surface area contributed by atoms with E-state index >= 15 is 0 Å². The second kappa shape index (κ2) is 18.1. The third kappa shape index (κ3) is 13.7. The van der Waals surface area contributed by atoms with E-state index in [9.17, 15) is 0 Å². The van der Waals surface area contributed by atoms with Gasteiger partial charge in [0.2, 0.25) is 0 Å². The first-order valence-electron chi connectivity index (χ1n) is 12.7. The molecule has 0 aromatic heterocycles. The van der Waals surface area contributed by atoms with Crippen LogP contribution in [0.5, 0.6) is 0 Å². The number of unbranched alkanes of at least 4 members (excludes halogenated alkanes) is 1. The average Bonchev–Trinajstić information content (AvgIpc) is 2.80. The van der Waals surface area contributed by atoms with Gasteiger partial charge in [-0.1, -0.05) is 0 Å². The lowest BCUT2D eigenvalue weighted by Crippen LogP contribution is -2.47. The van der Waals surface area contributed by atoms with Crippen LogP contribution in [0.25, 0.3) is 0 Å². The maximum atomic E-state index is 8.92. The fourth-order valence-electron chi connectivity index (χ4n) is 4.25. The predicted octanol–water partition coefficient (Wildman–Crippen LogP) is -0.400. The molecule has 31 heavy (non-hydrogen) atoms. The molecule has 0 aliphatic carbocycles. The lowest BCUT2D eigenvalue weighted by molar-refractivity contribution is 0.0973. The minimum atomic E-state index is 0.306. The van der Waals surface area contributed by atoms with Gasteiger partial charge in [-0.3, -0.25) is 0 Å². The molecular formula is C23H50N6O2. The lowest BCUT2D eigenvalue weighted by Gasteiger charge is -2.34. The molecule has 2 rings (SSSR count). The van der Waals surface area contributed by atoms with Crippen LogP contribution < -0.4 is 10.6 Å². The van der Waals surface area contributed by atoms with Crippen LogP contribution in [0, 0.1) is 0 Å². The Hall–Kier alpha value is -0.320. The number of nitrogens with zero attached hydrogens (tertiary/aromatic N) is 4. The van der Waals surface area contributed by atoms with Crippen LogP contribution in [-0.2, 0) is 4.74 Å². The first-order valence-corrected chi connectivity index (χ1v) is 12.7. The summed E-state index contributed by atoms with van der Waals surface area (Å²) in [5.74, 6) is 0. The molecule has 0 atom stereocenters. The SMILES string of the molecule is CN1CCN(CCCCNCCNCCOCCCN2CCN(CCCO)CC2)CC1. The van der Waals surface area contributed by atoms with Crippen LogP contribution in [0.3, 0.4) is 0 Å². The summed E-state index contributed by atoms with van der Waals surface area (Å²) in [7, 11) is 2.22. The predicted molar refractivity (Wildman–Crippen MR) is 129 cm³/mol. The summed E-state index contributed by atoms with van der Waals surface area (Å²) >= 11 is 0. The molecule has 0 unspecified atom stereocenters. The van der Waals surface area contributed by atoms with Crippen molar-refractivity contribution < 1.29 is 9.84 Å². The van der Waals surface area contributed by atoms with E-state index in [0.29, 0.717) is 6.61 Å². The molecule has 2 heterocycles. The van der Waals surface area contributed by atoms with E-state index < -0.39 is 0 Å². The number of likely N-dealkylation sites (N-methyl/N-ethyl adjacent to an activating group) is 1. The molecular weight excluding hydrogens is 392 g/mol. The number of ether oxygens (including phenoxy) is 1. The number of hydrogen-bond acceptors (Lipinski definition) is 8. The standard InChI is InChI=1S/C23H50N6O2/c1-26-13-15-27(16-14-26)10-3-2-6-24-7-8-25-9-23-31-22-5-12-29-19-17-28(18-20-29)11-4-21-30/h24-25,30H,2-23H2,1H3. The van der Waals surface area contributed by atoms with Gasteiger partial charge in [0.05, 0.1) is 6.61 Å². The van der Waals surface area contributed by atoms with E-state index in [2.05, 4.69) is 37.3 Å². The van der Waals surface area contributed by atoms with E-state index in [1.165, 1.54) is 45.6 Å². The van der Waals surface area contributed by atoms with Crippen molar-refractivity contribution in [2.45, 2.75) is 25.7 Å². The highest BCUT2D eigenvalue weighted by Crippen LogP contribution is 2.03. The highest BCUT2D eigenvalue weighted by Gasteiger charge is 2.15. The topological polar surface area (TPSA) is 66.5 Å². The van der Waals surface area contributed by atoms with Crippen LogP contribution in [0.4, 0.5) is 0 Å². The summed E-state index contributed by atoms with van der Waals surface area (Å²) in [4.78, 5) is 10.0. The zero-order chi connectivity index (χ0) is 22.0. The fourth-order valence-corrected chi connectivity index (χ4v) is 4.25. The molecule has 0 aromatic rings. The van der Waals surface area contributed by atoms with Crippen molar-refractivity contribution >= 4 is 0 Å². The van der Waals surface area contributed by atoms with E-state index in [0.717, 1.165) is 91.5 Å². The van der Waals surface area contributed by atoms with E-state index in [1.807, 2.05) is 0 Å². The molecule has 184 valence electrons. The van der Waals surface area contributed by atoms with Gasteiger partial charge in [0.15, 0.2) is 0 Å². The Morgan fingerprint density at radius 2 is 1.16 bits per heavy atom. The second-order valence-electron chi connectivity index (χ2n) is 9.08. The maximum absolute atomic E-state index is 8.92. The third-order valence-electron chi connectivity index (χ3n) is 6.44. The van der Waals surface area contributed by atoms with Crippen molar-refractivity contribution in [1.82, 2.24) is 30.2 Å². The van der Waals surface area contributed by atoms with Gasteiger partial charge in [-0.25, -0.2) is 0 Å². The molecule has 3 N–H and O–H groups in total. The van der Waals surface area contributed by atoms with Crippen molar-refractivity contribution in [1.29, 1.82) is 0 Å². The van der Waals surface area contributed by atoms with Crippen molar-refractivity contribution in [3.63, 3.8) is 0 Å². The zero-order valence-corrected chi connectivity index (χ0v) is 20.2. The Morgan fingerprint density at radius 3 is 1.81 bits per heavy atom. The Morgan fingerprint density at radius 1 is 0.613 bits per heavy atom. The monoisotopic (exact) mass is 442 g/mol. The second-order valence-corrected chi connectivity index (χ2v) is 9.08. The molecule has 2 aliphatic heterocycles.